The first kappa shape index (κ1) is 11.1. The molecule has 0 radical (unpaired) electrons. The number of ketones is 1. The summed E-state index contributed by atoms with van der Waals surface area (Å²) in [4.78, 5) is 14.4. The second-order valence-corrected chi connectivity index (χ2v) is 3.35. The Labute approximate surface area is 83.1 Å². The highest BCUT2D eigenvalue weighted by atomic mass is 32.2. The molecule has 0 amide bonds. The first-order valence-electron chi connectivity index (χ1n) is 3.74. The Morgan fingerprint density at radius 3 is 2.93 bits per heavy atom. The number of halogens is 2. The lowest BCUT2D eigenvalue weighted by molar-refractivity contribution is -0.129. The molecular weight excluding hydrogens is 214 g/mol. The van der Waals surface area contributed by atoms with Crippen LogP contribution in [0, 0.1) is 0 Å². The van der Waals surface area contributed by atoms with Crippen LogP contribution in [0.4, 0.5) is 8.78 Å². The second-order valence-electron chi connectivity index (χ2n) is 2.48. The standard InChI is InChI=1S/C7H8F2N2O2S/c1-14-3-5-10-6(13-11-5)2-4(12)7(8)9/h7H,2-3H2,1H3. The third-order valence-electron chi connectivity index (χ3n) is 1.35. The first-order valence-corrected chi connectivity index (χ1v) is 5.14. The van der Waals surface area contributed by atoms with Crippen molar-refractivity contribution in [3.8, 4) is 0 Å². The number of thioether (sulfide) groups is 1. The van der Waals surface area contributed by atoms with Gasteiger partial charge in [-0.1, -0.05) is 5.16 Å². The molecule has 4 nitrogen and oxygen atoms in total. The third kappa shape index (κ3) is 3.06. The number of rotatable bonds is 5. The van der Waals surface area contributed by atoms with Gasteiger partial charge in [0.1, 0.15) is 0 Å². The summed E-state index contributed by atoms with van der Waals surface area (Å²) in [6, 6.07) is 0. The zero-order valence-electron chi connectivity index (χ0n) is 7.37. The Bertz CT molecular complexity index is 316. The van der Waals surface area contributed by atoms with E-state index in [0.717, 1.165) is 0 Å². The molecule has 1 rings (SSSR count). The Kier molecular flexibility index (Phi) is 3.99. The van der Waals surface area contributed by atoms with Crippen molar-refractivity contribution >= 4 is 17.5 Å². The van der Waals surface area contributed by atoms with E-state index in [0.29, 0.717) is 11.6 Å². The molecule has 0 aliphatic heterocycles. The van der Waals surface area contributed by atoms with Crippen LogP contribution in [0.15, 0.2) is 4.52 Å². The number of alkyl halides is 2. The summed E-state index contributed by atoms with van der Waals surface area (Å²) in [5, 5.41) is 3.51. The Morgan fingerprint density at radius 2 is 2.36 bits per heavy atom. The van der Waals surface area contributed by atoms with E-state index in [1.54, 1.807) is 0 Å². The number of nitrogens with zero attached hydrogens (tertiary/aromatic N) is 2. The van der Waals surface area contributed by atoms with Crippen molar-refractivity contribution < 1.29 is 18.1 Å². The zero-order chi connectivity index (χ0) is 10.6. The topological polar surface area (TPSA) is 56.0 Å². The van der Waals surface area contributed by atoms with Gasteiger partial charge in [0.25, 0.3) is 6.43 Å². The molecule has 0 saturated carbocycles. The van der Waals surface area contributed by atoms with E-state index in [-0.39, 0.29) is 5.89 Å². The third-order valence-corrected chi connectivity index (χ3v) is 1.90. The molecule has 14 heavy (non-hydrogen) atoms. The van der Waals surface area contributed by atoms with Gasteiger partial charge >= 0.3 is 0 Å². The molecule has 0 bridgehead atoms. The molecule has 78 valence electrons. The highest BCUT2D eigenvalue weighted by Crippen LogP contribution is 2.07. The molecule has 0 spiro atoms. The minimum Gasteiger partial charge on any atom is -0.339 e. The first-order chi connectivity index (χ1) is 6.63. The number of Topliss-reactive ketones (excluding diaryl/α,β-unsaturated/α-hetero) is 1. The van der Waals surface area contributed by atoms with Crippen molar-refractivity contribution in [3.05, 3.63) is 11.7 Å². The molecule has 0 atom stereocenters. The summed E-state index contributed by atoms with van der Waals surface area (Å²) in [6.45, 7) is 0. The average molecular weight is 222 g/mol. The van der Waals surface area contributed by atoms with E-state index in [2.05, 4.69) is 14.7 Å². The fourth-order valence-corrected chi connectivity index (χ4v) is 1.15. The summed E-state index contributed by atoms with van der Waals surface area (Å²) in [6.07, 6.45) is -1.63. The quantitative estimate of drug-likeness (QED) is 0.751. The van der Waals surface area contributed by atoms with Crippen LogP contribution >= 0.6 is 11.8 Å². The van der Waals surface area contributed by atoms with Gasteiger partial charge in [0.15, 0.2) is 5.82 Å². The molecule has 0 aromatic carbocycles. The van der Waals surface area contributed by atoms with Crippen molar-refractivity contribution in [2.45, 2.75) is 18.6 Å². The molecule has 0 unspecified atom stereocenters. The van der Waals surface area contributed by atoms with Crippen molar-refractivity contribution in [2.75, 3.05) is 6.26 Å². The van der Waals surface area contributed by atoms with Gasteiger partial charge in [-0.15, -0.1) is 0 Å². The lowest BCUT2D eigenvalue weighted by Gasteiger charge is -1.92. The normalized spacial score (nSPS) is 10.9. The molecule has 1 aromatic heterocycles. The minimum absolute atomic E-state index is 0.0562. The smallest absolute Gasteiger partial charge is 0.296 e. The highest BCUT2D eigenvalue weighted by molar-refractivity contribution is 7.97. The van der Waals surface area contributed by atoms with E-state index < -0.39 is 18.6 Å². The van der Waals surface area contributed by atoms with Crippen molar-refractivity contribution in [1.29, 1.82) is 0 Å². The molecule has 1 aromatic rings. The van der Waals surface area contributed by atoms with E-state index >= 15 is 0 Å². The van der Waals surface area contributed by atoms with Gasteiger partial charge in [-0.25, -0.2) is 8.78 Å². The Hall–Kier alpha value is -0.980. The highest BCUT2D eigenvalue weighted by Gasteiger charge is 2.19. The second kappa shape index (κ2) is 5.04. The lowest BCUT2D eigenvalue weighted by atomic mass is 10.3. The molecule has 1 heterocycles. The Morgan fingerprint density at radius 1 is 1.64 bits per heavy atom. The van der Waals surface area contributed by atoms with Crippen LogP contribution in [0.25, 0.3) is 0 Å². The zero-order valence-corrected chi connectivity index (χ0v) is 8.18. The van der Waals surface area contributed by atoms with Gasteiger partial charge in [0.2, 0.25) is 11.7 Å². The lowest BCUT2D eigenvalue weighted by Crippen LogP contribution is -2.12. The summed E-state index contributed by atoms with van der Waals surface area (Å²) < 4.78 is 28.3. The number of hydrogen-bond donors (Lipinski definition) is 0. The molecule has 0 fully saturated rings. The number of hydrogen-bond acceptors (Lipinski definition) is 5. The van der Waals surface area contributed by atoms with Crippen LogP contribution in [-0.2, 0) is 17.0 Å². The van der Waals surface area contributed by atoms with E-state index in [1.165, 1.54) is 11.8 Å². The predicted octanol–water partition coefficient (Wildman–Crippen LogP) is 1.31. The van der Waals surface area contributed by atoms with Gasteiger partial charge in [0.05, 0.1) is 12.2 Å². The fraction of sp³-hybridized carbons (Fsp3) is 0.571. The largest absolute Gasteiger partial charge is 0.339 e. The van der Waals surface area contributed by atoms with Crippen molar-refractivity contribution in [2.24, 2.45) is 0 Å². The van der Waals surface area contributed by atoms with Gasteiger partial charge < -0.3 is 4.52 Å². The number of carbonyl (C=O) groups excluding carboxylic acids is 1. The van der Waals surface area contributed by atoms with Gasteiger partial charge in [-0.3, -0.25) is 4.79 Å². The monoisotopic (exact) mass is 222 g/mol. The Balaban J connectivity index is 2.55. The minimum atomic E-state index is -2.98. The van der Waals surface area contributed by atoms with Crippen LogP contribution < -0.4 is 0 Å². The van der Waals surface area contributed by atoms with Crippen LogP contribution in [0.5, 0.6) is 0 Å². The van der Waals surface area contributed by atoms with Crippen molar-refractivity contribution in [1.82, 2.24) is 10.1 Å². The number of aromatic nitrogens is 2. The average Bonchev–Trinajstić information content (AvgIpc) is 2.53. The maximum atomic E-state index is 11.8. The maximum absolute atomic E-state index is 11.8. The van der Waals surface area contributed by atoms with Crippen molar-refractivity contribution in [3.63, 3.8) is 0 Å². The van der Waals surface area contributed by atoms with Crippen LogP contribution in [0.1, 0.15) is 11.7 Å². The van der Waals surface area contributed by atoms with Crippen LogP contribution in [0.3, 0.4) is 0 Å². The molecule has 0 aliphatic carbocycles. The van der Waals surface area contributed by atoms with Crippen LogP contribution in [0.2, 0.25) is 0 Å². The van der Waals surface area contributed by atoms with Gasteiger partial charge in [-0.2, -0.15) is 16.7 Å². The van der Waals surface area contributed by atoms with E-state index in [9.17, 15) is 13.6 Å². The molecule has 0 saturated heterocycles. The summed E-state index contributed by atoms with van der Waals surface area (Å²) in [5.74, 6) is -0.315. The predicted molar refractivity (Wildman–Crippen MR) is 46.2 cm³/mol. The van der Waals surface area contributed by atoms with Gasteiger partial charge in [0, 0.05) is 0 Å². The molecule has 7 heteroatoms. The summed E-state index contributed by atoms with van der Waals surface area (Å²) >= 11 is 1.48. The maximum Gasteiger partial charge on any atom is 0.296 e. The van der Waals surface area contributed by atoms with E-state index in [1.807, 2.05) is 6.26 Å². The molecule has 0 N–H and O–H groups in total. The van der Waals surface area contributed by atoms with E-state index in [4.69, 9.17) is 0 Å². The number of carbonyl (C=O) groups is 1. The SMILES string of the molecule is CSCc1noc(CC(=O)C(F)F)n1. The van der Waals surface area contributed by atoms with Gasteiger partial charge in [-0.05, 0) is 6.26 Å². The molecule has 0 aliphatic rings. The molecular formula is C7H8F2N2O2S. The van der Waals surface area contributed by atoms with Crippen LogP contribution in [-0.4, -0.2) is 28.6 Å². The summed E-state index contributed by atoms with van der Waals surface area (Å²) in [5.41, 5.74) is 0. The fourth-order valence-electron chi connectivity index (χ4n) is 0.776. The summed E-state index contributed by atoms with van der Waals surface area (Å²) in [7, 11) is 0.